The van der Waals surface area contributed by atoms with Gasteiger partial charge in [0.05, 0.1) is 5.69 Å². The summed E-state index contributed by atoms with van der Waals surface area (Å²) in [5.74, 6) is -1.30. The third kappa shape index (κ3) is 4.43. The summed E-state index contributed by atoms with van der Waals surface area (Å²) in [7, 11) is 1.73. The van der Waals surface area contributed by atoms with Crippen LogP contribution in [0.15, 0.2) is 48.8 Å². The van der Waals surface area contributed by atoms with Crippen LogP contribution in [0.2, 0.25) is 0 Å². The predicted molar refractivity (Wildman–Crippen MR) is 133 cm³/mol. The molecule has 1 saturated carbocycles. The Kier molecular flexibility index (Phi) is 5.28. The second-order valence-corrected chi connectivity index (χ2v) is 9.79. The van der Waals surface area contributed by atoms with Gasteiger partial charge in [0, 0.05) is 67.6 Å². The molecule has 3 aromatic heterocycles. The van der Waals surface area contributed by atoms with E-state index in [0.29, 0.717) is 40.8 Å². The summed E-state index contributed by atoms with van der Waals surface area (Å²) >= 11 is 0. The van der Waals surface area contributed by atoms with Gasteiger partial charge >= 0.3 is 0 Å². The van der Waals surface area contributed by atoms with Crippen molar-refractivity contribution < 1.29 is 13.2 Å². The zero-order chi connectivity index (χ0) is 25.8. The Bertz CT molecular complexity index is 1460. The van der Waals surface area contributed by atoms with E-state index in [1.807, 2.05) is 12.1 Å². The molecule has 4 heterocycles. The van der Waals surface area contributed by atoms with E-state index in [0.717, 1.165) is 18.8 Å². The van der Waals surface area contributed by atoms with Crippen LogP contribution in [0.3, 0.4) is 0 Å². The lowest BCUT2D eigenvalue weighted by Gasteiger charge is -2.44. The van der Waals surface area contributed by atoms with E-state index in [1.165, 1.54) is 12.3 Å². The highest BCUT2D eigenvalue weighted by Gasteiger charge is 2.58. The van der Waals surface area contributed by atoms with Crippen molar-refractivity contribution in [2.75, 3.05) is 29.0 Å². The van der Waals surface area contributed by atoms with Crippen molar-refractivity contribution in [1.29, 1.82) is 0 Å². The molecule has 1 aromatic carbocycles. The number of aromatic nitrogens is 6. The highest BCUT2D eigenvalue weighted by Crippen LogP contribution is 2.56. The maximum atomic E-state index is 14.8. The van der Waals surface area contributed by atoms with E-state index in [1.54, 1.807) is 36.1 Å². The molecular weight excluding hydrogens is 483 g/mol. The quantitative estimate of drug-likeness (QED) is 0.408. The highest BCUT2D eigenvalue weighted by atomic mass is 19.3. The number of anilines is 4. The van der Waals surface area contributed by atoms with Crippen LogP contribution in [0, 0.1) is 11.2 Å². The molecule has 0 bridgehead atoms. The third-order valence-corrected chi connectivity index (χ3v) is 6.97. The third-order valence-electron chi connectivity index (χ3n) is 6.97. The fourth-order valence-corrected chi connectivity index (χ4v) is 5.24. The number of aryl methyl sites for hydroxylation is 1. The number of hydrogen-bond donors (Lipinski definition) is 2. The number of rotatable bonds is 5. The highest BCUT2D eigenvalue weighted by molar-refractivity contribution is 5.66. The number of nitrogens with one attached hydrogen (secondary N) is 1. The van der Waals surface area contributed by atoms with Crippen molar-refractivity contribution in [2.24, 2.45) is 12.5 Å². The molecule has 1 aliphatic heterocycles. The molecule has 2 fully saturated rings. The first-order valence-corrected chi connectivity index (χ1v) is 11.8. The van der Waals surface area contributed by atoms with Crippen LogP contribution in [0.1, 0.15) is 19.3 Å². The first kappa shape index (κ1) is 23.2. The Morgan fingerprint density at radius 2 is 1.89 bits per heavy atom. The zero-order valence-electron chi connectivity index (χ0n) is 20.0. The SMILES string of the molecule is Cn1nc(-c2ccc(N3CCC4(C3)CC(F)(F)C4)nc2)nc1Nc1ccc(-c2ccnc(N)n2)c(F)c1. The van der Waals surface area contributed by atoms with Gasteiger partial charge in [0.2, 0.25) is 17.8 Å². The number of benzene rings is 1. The van der Waals surface area contributed by atoms with E-state index in [4.69, 9.17) is 5.73 Å². The van der Waals surface area contributed by atoms with Crippen molar-refractivity contribution >= 4 is 23.4 Å². The van der Waals surface area contributed by atoms with Gasteiger partial charge in [-0.25, -0.2) is 32.8 Å². The van der Waals surface area contributed by atoms with Gasteiger partial charge in [-0.05, 0) is 42.8 Å². The molecule has 6 rings (SSSR count). The number of nitrogen functional groups attached to an aromatic ring is 1. The van der Waals surface area contributed by atoms with E-state index < -0.39 is 11.7 Å². The second kappa shape index (κ2) is 8.43. The first-order valence-electron chi connectivity index (χ1n) is 11.8. The van der Waals surface area contributed by atoms with Gasteiger partial charge in [0.25, 0.3) is 0 Å². The molecule has 0 atom stereocenters. The Morgan fingerprint density at radius 1 is 1.05 bits per heavy atom. The van der Waals surface area contributed by atoms with Crippen LogP contribution < -0.4 is 16.0 Å². The molecule has 1 saturated heterocycles. The standard InChI is InChI=1S/C25H24F3N9/c1-36-23(32-16-3-4-17(18(26)10-16)19-6-8-30-22(29)33-19)34-21(35-36)15-2-5-20(31-11-15)37-9-7-24(14-37)12-25(27,28)13-24/h2-6,8,10-11H,7,9,12-14H2,1H3,(H2,29,30,33)(H,32,34,35). The number of hydrogen-bond acceptors (Lipinski definition) is 8. The van der Waals surface area contributed by atoms with Gasteiger partial charge in [-0.15, -0.1) is 5.10 Å². The van der Waals surface area contributed by atoms with Crippen LogP contribution in [0.4, 0.5) is 36.6 Å². The Labute approximate surface area is 210 Å². The van der Waals surface area contributed by atoms with Gasteiger partial charge in [-0.2, -0.15) is 4.98 Å². The molecule has 190 valence electrons. The average molecular weight is 508 g/mol. The van der Waals surface area contributed by atoms with Crippen molar-refractivity contribution in [3.63, 3.8) is 0 Å². The lowest BCUT2D eigenvalue weighted by atomic mass is 9.65. The van der Waals surface area contributed by atoms with Gasteiger partial charge in [0.1, 0.15) is 11.6 Å². The van der Waals surface area contributed by atoms with Gasteiger partial charge < -0.3 is 16.0 Å². The lowest BCUT2D eigenvalue weighted by Crippen LogP contribution is -2.47. The lowest BCUT2D eigenvalue weighted by molar-refractivity contribution is -0.152. The number of alkyl halides is 2. The molecule has 1 aliphatic carbocycles. The summed E-state index contributed by atoms with van der Waals surface area (Å²) in [6.45, 7) is 1.32. The first-order chi connectivity index (χ1) is 17.7. The maximum absolute atomic E-state index is 14.8. The van der Waals surface area contributed by atoms with E-state index in [-0.39, 0.29) is 24.2 Å². The molecule has 3 N–H and O–H groups in total. The summed E-state index contributed by atoms with van der Waals surface area (Å²) in [5.41, 5.74) is 7.21. The van der Waals surface area contributed by atoms with Crippen LogP contribution in [-0.4, -0.2) is 48.7 Å². The number of nitrogens with zero attached hydrogens (tertiary/aromatic N) is 7. The van der Waals surface area contributed by atoms with Crippen molar-refractivity contribution in [3.8, 4) is 22.6 Å². The Hall–Kier alpha value is -4.22. The number of pyridine rings is 1. The maximum Gasteiger partial charge on any atom is 0.249 e. The minimum atomic E-state index is -2.52. The molecule has 0 unspecified atom stereocenters. The molecule has 0 radical (unpaired) electrons. The monoisotopic (exact) mass is 507 g/mol. The topological polar surface area (TPSA) is 111 Å². The van der Waals surface area contributed by atoms with Crippen LogP contribution in [0.5, 0.6) is 0 Å². The van der Waals surface area contributed by atoms with Crippen LogP contribution in [0.25, 0.3) is 22.6 Å². The van der Waals surface area contributed by atoms with Gasteiger partial charge in [-0.1, -0.05) is 0 Å². The second-order valence-electron chi connectivity index (χ2n) is 9.79. The molecule has 1 spiro atoms. The van der Waals surface area contributed by atoms with E-state index >= 15 is 0 Å². The molecule has 0 amide bonds. The molecule has 12 heteroatoms. The van der Waals surface area contributed by atoms with Crippen LogP contribution in [-0.2, 0) is 7.05 Å². The minimum Gasteiger partial charge on any atom is -0.368 e. The molecule has 37 heavy (non-hydrogen) atoms. The average Bonchev–Trinajstić information content (AvgIpc) is 3.42. The Morgan fingerprint density at radius 3 is 2.59 bits per heavy atom. The summed E-state index contributed by atoms with van der Waals surface area (Å²) < 4.78 is 43.2. The zero-order valence-corrected chi connectivity index (χ0v) is 20.0. The smallest absolute Gasteiger partial charge is 0.249 e. The number of nitrogens with two attached hydrogens (primary N) is 1. The predicted octanol–water partition coefficient (Wildman–Crippen LogP) is 4.42. The molecule has 4 aromatic rings. The van der Waals surface area contributed by atoms with Crippen molar-refractivity contribution in [1.82, 2.24) is 29.7 Å². The fourth-order valence-electron chi connectivity index (χ4n) is 5.24. The minimum absolute atomic E-state index is 0.0376. The largest absolute Gasteiger partial charge is 0.368 e. The molecular formula is C25H24F3N9. The number of halogens is 3. The summed E-state index contributed by atoms with van der Waals surface area (Å²) in [6, 6.07) is 9.98. The van der Waals surface area contributed by atoms with Crippen molar-refractivity contribution in [2.45, 2.75) is 25.2 Å². The summed E-state index contributed by atoms with van der Waals surface area (Å²) in [4.78, 5) is 19.0. The molecule has 2 aliphatic rings. The van der Waals surface area contributed by atoms with Crippen LogP contribution >= 0.6 is 0 Å². The normalized spacial score (nSPS) is 17.7. The summed E-state index contributed by atoms with van der Waals surface area (Å²) in [5, 5.41) is 7.52. The van der Waals surface area contributed by atoms with Crippen molar-refractivity contribution in [3.05, 3.63) is 54.6 Å². The van der Waals surface area contributed by atoms with E-state index in [9.17, 15) is 13.2 Å². The van der Waals surface area contributed by atoms with Gasteiger partial charge in [-0.3, -0.25) is 0 Å². The summed E-state index contributed by atoms with van der Waals surface area (Å²) in [6.07, 6.45) is 3.84. The molecule has 9 nitrogen and oxygen atoms in total. The van der Waals surface area contributed by atoms with E-state index in [2.05, 4.69) is 35.3 Å². The fraction of sp³-hybridized carbons (Fsp3) is 0.320. The Balaban J connectivity index is 1.15. The van der Waals surface area contributed by atoms with Gasteiger partial charge in [0.15, 0.2) is 5.82 Å².